The van der Waals surface area contributed by atoms with Gasteiger partial charge in [-0.1, -0.05) is 74.5 Å². The number of fused-ring (bicyclic) bond motifs is 1. The molecule has 4 aromatic heterocycles. The summed E-state index contributed by atoms with van der Waals surface area (Å²) in [4.78, 5) is 20.7. The molecule has 0 amide bonds. The molecule has 0 radical (unpaired) electrons. The lowest BCUT2D eigenvalue weighted by atomic mass is 10.0. The average molecular weight is 698 g/mol. The van der Waals surface area contributed by atoms with Crippen LogP contribution in [0.2, 0.25) is 0 Å². The van der Waals surface area contributed by atoms with Gasteiger partial charge in [-0.3, -0.25) is 0 Å². The van der Waals surface area contributed by atoms with Crippen molar-refractivity contribution in [2.45, 2.75) is 26.9 Å². The van der Waals surface area contributed by atoms with E-state index >= 15 is 0 Å². The number of hydrogen-bond donors (Lipinski definition) is 2. The molecule has 7 aromatic rings. The highest BCUT2D eigenvalue weighted by Gasteiger charge is 2.23. The maximum Gasteiger partial charge on any atom is 0.349 e. The summed E-state index contributed by atoms with van der Waals surface area (Å²) in [7, 11) is 0. The van der Waals surface area contributed by atoms with E-state index in [0.29, 0.717) is 12.3 Å². The number of carbonyl (C=O) groups is 1. The standard InChI is InChI=1S/C40H31N3O3S3/c1-24(2)20-31-36(49-39(42-31)30(22-41)40(45)46)21-28-16-17-33(47-28)34-18-19-35(48-34)37-29-10-6-7-11-32(29)43(27-14-12-25(23-44)13-15-27)38(37)26-8-4-3-5-9-26/h3-19,21,24,44H,20,23H2,1-2H3,(H,45,46)/b36-21?,39-30-. The smallest absolute Gasteiger partial charge is 0.349 e. The lowest BCUT2D eigenvalue weighted by molar-refractivity contribution is -0.130. The lowest BCUT2D eigenvalue weighted by Crippen LogP contribution is -2.12. The minimum absolute atomic E-state index is 0.000519. The van der Waals surface area contributed by atoms with Gasteiger partial charge in [0.25, 0.3) is 0 Å². The quantitative estimate of drug-likeness (QED) is 0.158. The van der Waals surface area contributed by atoms with Crippen molar-refractivity contribution in [1.29, 1.82) is 5.26 Å². The Hall–Kier alpha value is -5.11. The number of carboxylic acids is 1. The van der Waals surface area contributed by atoms with E-state index in [0.717, 1.165) is 63.1 Å². The van der Waals surface area contributed by atoms with E-state index in [1.165, 1.54) is 16.9 Å². The number of thiazole rings is 1. The molecule has 0 aliphatic rings. The largest absolute Gasteiger partial charge is 0.477 e. The zero-order valence-electron chi connectivity index (χ0n) is 26.8. The van der Waals surface area contributed by atoms with Crippen LogP contribution in [0.25, 0.3) is 59.7 Å². The number of aromatic nitrogens is 2. The molecule has 0 unspecified atom stereocenters. The van der Waals surface area contributed by atoms with E-state index in [-0.39, 0.29) is 16.8 Å². The fraction of sp³-hybridized carbons (Fsp3) is 0.125. The van der Waals surface area contributed by atoms with Crippen molar-refractivity contribution >= 4 is 62.5 Å². The van der Waals surface area contributed by atoms with Gasteiger partial charge in [-0.2, -0.15) is 5.26 Å². The third-order valence-corrected chi connectivity index (χ3v) is 11.6. The molecule has 0 saturated heterocycles. The summed E-state index contributed by atoms with van der Waals surface area (Å²) in [6.45, 7) is 4.19. The van der Waals surface area contributed by atoms with Gasteiger partial charge in [-0.15, -0.1) is 34.0 Å². The van der Waals surface area contributed by atoms with Gasteiger partial charge in [-0.05, 0) is 72.0 Å². The van der Waals surface area contributed by atoms with Gasteiger partial charge in [0.05, 0.1) is 28.0 Å². The Kier molecular flexibility index (Phi) is 9.13. The van der Waals surface area contributed by atoms with Crippen molar-refractivity contribution in [3.8, 4) is 43.2 Å². The third-order valence-electron chi connectivity index (χ3n) is 8.16. The van der Waals surface area contributed by atoms with Crippen LogP contribution in [0.4, 0.5) is 0 Å². The van der Waals surface area contributed by atoms with Crippen LogP contribution in [0, 0.1) is 17.2 Å². The average Bonchev–Trinajstić information content (AvgIpc) is 3.91. The van der Waals surface area contributed by atoms with Crippen LogP contribution in [0.3, 0.4) is 0 Å². The summed E-state index contributed by atoms with van der Waals surface area (Å²) < 4.78 is 3.44. The van der Waals surface area contributed by atoms with E-state index in [4.69, 9.17) is 0 Å². The predicted octanol–water partition coefficient (Wildman–Crippen LogP) is 8.49. The number of aliphatic hydroxyl groups excluding tert-OH is 1. The van der Waals surface area contributed by atoms with Crippen LogP contribution in [0.1, 0.15) is 30.0 Å². The Morgan fingerprint density at radius 2 is 1.57 bits per heavy atom. The Labute approximate surface area is 295 Å². The molecule has 0 bridgehead atoms. The van der Waals surface area contributed by atoms with Crippen molar-refractivity contribution in [3.05, 3.63) is 128 Å². The van der Waals surface area contributed by atoms with Crippen LogP contribution in [-0.4, -0.2) is 25.7 Å². The van der Waals surface area contributed by atoms with Gasteiger partial charge in [0.15, 0.2) is 5.57 Å². The van der Waals surface area contributed by atoms with Gasteiger partial charge >= 0.3 is 5.97 Å². The fourth-order valence-electron chi connectivity index (χ4n) is 5.98. The van der Waals surface area contributed by atoms with Crippen molar-refractivity contribution < 1.29 is 15.0 Å². The normalized spacial score (nSPS) is 12.5. The maximum atomic E-state index is 11.7. The molecular formula is C40H31N3O3S3. The summed E-state index contributed by atoms with van der Waals surface area (Å²) in [5.41, 5.74) is 6.89. The molecule has 9 heteroatoms. The Balaban J connectivity index is 1.34. The van der Waals surface area contributed by atoms with E-state index in [1.54, 1.807) is 28.7 Å². The van der Waals surface area contributed by atoms with Gasteiger partial charge < -0.3 is 14.8 Å². The molecule has 0 fully saturated rings. The third kappa shape index (κ3) is 6.40. The molecule has 4 heterocycles. The number of thiophene rings is 2. The second-order valence-corrected chi connectivity index (χ2v) is 15.2. The number of benzene rings is 3. The minimum Gasteiger partial charge on any atom is -0.477 e. The van der Waals surface area contributed by atoms with Crippen LogP contribution < -0.4 is 9.20 Å². The molecule has 0 atom stereocenters. The second-order valence-electron chi connectivity index (χ2n) is 12.0. The predicted molar refractivity (Wildman–Crippen MR) is 201 cm³/mol. The topological polar surface area (TPSA) is 99.1 Å². The zero-order valence-corrected chi connectivity index (χ0v) is 29.2. The number of aliphatic hydroxyl groups is 1. The van der Waals surface area contributed by atoms with Gasteiger partial charge in [-0.25, -0.2) is 9.78 Å². The molecule has 7 rings (SSSR count). The first-order valence-electron chi connectivity index (χ1n) is 15.8. The molecule has 0 aliphatic carbocycles. The van der Waals surface area contributed by atoms with Gasteiger partial charge in [0.1, 0.15) is 10.7 Å². The van der Waals surface area contributed by atoms with Crippen molar-refractivity contribution in [3.63, 3.8) is 0 Å². The molecule has 3 aromatic carbocycles. The number of carboxylic acid groups (broad SMARTS) is 1. The molecule has 49 heavy (non-hydrogen) atoms. The van der Waals surface area contributed by atoms with E-state index < -0.39 is 5.97 Å². The van der Waals surface area contributed by atoms with Crippen molar-refractivity contribution in [2.24, 2.45) is 5.92 Å². The van der Waals surface area contributed by atoms with E-state index in [2.05, 4.69) is 114 Å². The first-order valence-corrected chi connectivity index (χ1v) is 18.2. The highest BCUT2D eigenvalue weighted by atomic mass is 32.1. The highest BCUT2D eigenvalue weighted by Crippen LogP contribution is 2.47. The number of rotatable bonds is 9. The summed E-state index contributed by atoms with van der Waals surface area (Å²) in [5, 5.41) is 29.8. The molecular weight excluding hydrogens is 667 g/mol. The van der Waals surface area contributed by atoms with E-state index in [9.17, 15) is 20.3 Å². The van der Waals surface area contributed by atoms with Crippen LogP contribution in [-0.2, 0) is 17.8 Å². The summed E-state index contributed by atoms with van der Waals surface area (Å²) in [6, 6.07) is 37.5. The second kappa shape index (κ2) is 13.8. The van der Waals surface area contributed by atoms with Crippen LogP contribution in [0.5, 0.6) is 0 Å². The number of para-hydroxylation sites is 1. The van der Waals surface area contributed by atoms with Gasteiger partial charge in [0, 0.05) is 36.1 Å². The van der Waals surface area contributed by atoms with Gasteiger partial charge in [0.2, 0.25) is 0 Å². The summed E-state index contributed by atoms with van der Waals surface area (Å²) >= 11 is 4.69. The number of nitrogens with zero attached hydrogens (tertiary/aromatic N) is 3. The summed E-state index contributed by atoms with van der Waals surface area (Å²) in [6.07, 6.45) is 2.75. The Morgan fingerprint density at radius 3 is 2.29 bits per heavy atom. The Morgan fingerprint density at radius 1 is 0.878 bits per heavy atom. The van der Waals surface area contributed by atoms with E-state index in [1.807, 2.05) is 18.2 Å². The molecule has 0 aliphatic heterocycles. The van der Waals surface area contributed by atoms with Crippen molar-refractivity contribution in [2.75, 3.05) is 0 Å². The first-order chi connectivity index (χ1) is 23.8. The minimum atomic E-state index is -1.26. The molecule has 0 saturated carbocycles. The number of nitriles is 1. The number of hydrogen-bond acceptors (Lipinski definition) is 7. The monoisotopic (exact) mass is 697 g/mol. The number of aliphatic carboxylic acids is 1. The summed E-state index contributed by atoms with van der Waals surface area (Å²) in [5.74, 6) is -0.934. The SMILES string of the molecule is CC(C)Cc1n/c(=C(\C#N)C(=O)O)sc1=Cc1ccc(-c2ccc(-c3c(-c4ccccc4)n(-c4ccc(CO)cc4)c4ccccc34)s2)s1. The maximum absolute atomic E-state index is 11.7. The van der Waals surface area contributed by atoms with Crippen LogP contribution >= 0.6 is 34.0 Å². The van der Waals surface area contributed by atoms with Crippen molar-refractivity contribution in [1.82, 2.24) is 9.55 Å². The fourth-order valence-corrected chi connectivity index (χ4v) is 9.19. The first kappa shape index (κ1) is 32.4. The Bertz CT molecular complexity index is 2480. The highest BCUT2D eigenvalue weighted by molar-refractivity contribution is 7.24. The molecule has 0 spiro atoms. The zero-order chi connectivity index (χ0) is 34.1. The van der Waals surface area contributed by atoms with Crippen LogP contribution in [0.15, 0.2) is 103 Å². The lowest BCUT2D eigenvalue weighted by Gasteiger charge is -2.13. The molecule has 6 nitrogen and oxygen atoms in total. The molecule has 2 N–H and O–H groups in total. The molecule has 242 valence electrons.